The van der Waals surface area contributed by atoms with E-state index in [1.165, 1.54) is 21.0 Å². The van der Waals surface area contributed by atoms with E-state index in [-0.39, 0.29) is 63.5 Å². The fraction of sp³-hybridized carbons (Fsp3) is 0.469. The molecule has 5 aromatic rings. The second kappa shape index (κ2) is 55.4. The number of ketones is 1. The van der Waals surface area contributed by atoms with Crippen molar-refractivity contribution in [1.82, 2.24) is 52.7 Å². The minimum atomic E-state index is -2.38. The Morgan fingerprint density at radius 3 is 1.05 bits per heavy atom. The van der Waals surface area contributed by atoms with Crippen LogP contribution >= 0.6 is 11.8 Å². The lowest BCUT2D eigenvalue weighted by atomic mass is 9.77. The topological polar surface area (TPSA) is 595 Å². The largest absolute Gasteiger partial charge is 0.504 e. The van der Waals surface area contributed by atoms with Gasteiger partial charge in [0.2, 0.25) is 35.3 Å². The first-order chi connectivity index (χ1) is 63.7. The summed E-state index contributed by atoms with van der Waals surface area (Å²) in [7, 11) is 1.40. The molecule has 0 fully saturated rings. The SMILES string of the molecule is CCC(C)C(=O)OCCOC(=O)C(CC(C)C(=O)OCCOCCOC)CC(CC(CC(CC(CC(CC)C(=O)NCCNC(=O)c1c(F)c(F)c(N=[N+]=[N-])c(F)c1F)C(=O)NCCNC(=O)c1c(F)c(F)c(N=[N+]=[N-])c(F)c1F)C(=O)NCCNC(=O)c1c(F)c(F)c(N=[N+]=[N-])c(F)c1F)C(=O)NCCNC(=O)c1ccc(C(=O)c2ccc(O)c(O)c2O)cc1)C(=O)NCCCNCl. The fourth-order valence-corrected chi connectivity index (χ4v) is 13.1. The van der Waals surface area contributed by atoms with Crippen LogP contribution in [0, 0.1) is 117 Å². The summed E-state index contributed by atoms with van der Waals surface area (Å²) in [6.07, 6.45) is -4.80. The van der Waals surface area contributed by atoms with E-state index >= 15 is 54.3 Å². The maximum Gasteiger partial charge on any atom is 0.309 e. The highest BCUT2D eigenvalue weighted by Crippen LogP contribution is 2.40. The standard InChI is InChI=1S/C81H92ClF12N19O21/c1-6-37(3)79(127)133-29-30-134-81(129)46(31-38(4)80(128)132-28-27-131-26-25-130-5)36-45(72(120)98-15-8-16-107-82)35-44(75(123)101-18-17-100-71(119)41-11-9-40(10-12-41)67(115)47-13-14-48(114)69(117)68(47)116)34-43(74(122)103-21-24-106-78(126)51-56(87)62(93)66(110-113-97)63(94)57(51)88)33-42(73(121)102-20-23-105-77(125)50-54(85)60(91)65(109-112-96)61(92)55(50)86)32-39(7-2)70(118)99-19-22-104-76(124)49-52(83)58(89)64(108-111-95)59(90)53(49)84/h9-14,37-39,42-46,107,114,116-117H,6-8,15-36H2,1-5H3,(H,98,120)(H,99,118)(H,100,119)(H,101,123)(H,102,121)(H,103,122)(H,104,124)(H,105,125)(H,106,126). The molecular weight excluding hydrogens is 1840 g/mol. The zero-order valence-electron chi connectivity index (χ0n) is 71.9. The van der Waals surface area contributed by atoms with E-state index < -0.39 is 355 Å². The van der Waals surface area contributed by atoms with E-state index in [1.54, 1.807) is 13.8 Å². The highest BCUT2D eigenvalue weighted by molar-refractivity contribution is 6.13. The van der Waals surface area contributed by atoms with Gasteiger partial charge in [-0.1, -0.05) is 55.2 Å². The van der Waals surface area contributed by atoms with Crippen LogP contribution in [0.2, 0.25) is 0 Å². The number of azide groups is 3. The minimum absolute atomic E-state index is 0.0261. The number of methoxy groups -OCH3 is 1. The van der Waals surface area contributed by atoms with E-state index in [0.717, 1.165) is 36.4 Å². The molecule has 0 aromatic heterocycles. The number of hydrogen-bond acceptors (Lipinski definition) is 25. The predicted octanol–water partition coefficient (Wildman–Crippen LogP) is 9.69. The minimum Gasteiger partial charge on any atom is -0.504 e. The van der Waals surface area contributed by atoms with Crippen molar-refractivity contribution in [2.45, 2.75) is 85.5 Å². The van der Waals surface area contributed by atoms with Gasteiger partial charge in [-0.3, -0.25) is 62.3 Å². The van der Waals surface area contributed by atoms with E-state index in [0.29, 0.717) is 6.42 Å². The Morgan fingerprint density at radius 1 is 0.366 bits per heavy atom. The molecule has 0 saturated heterocycles. The van der Waals surface area contributed by atoms with Gasteiger partial charge >= 0.3 is 17.9 Å². The third-order valence-electron chi connectivity index (χ3n) is 20.3. The van der Waals surface area contributed by atoms with Gasteiger partial charge in [0.1, 0.15) is 53.6 Å². The third kappa shape index (κ3) is 31.4. The van der Waals surface area contributed by atoms with Crippen LogP contribution in [0.3, 0.4) is 0 Å². The van der Waals surface area contributed by atoms with Gasteiger partial charge in [-0.15, -0.1) is 0 Å². The summed E-state index contributed by atoms with van der Waals surface area (Å²) in [5, 5.41) is 58.3. The Labute approximate surface area is 758 Å². The maximum absolute atomic E-state index is 15.5. The number of carbonyl (C=O) groups excluding carboxylic acids is 13. The van der Waals surface area contributed by atoms with Gasteiger partial charge in [0.25, 0.3) is 23.6 Å². The van der Waals surface area contributed by atoms with Gasteiger partial charge < -0.3 is 86.9 Å². The number of phenolic OH excluding ortho intramolecular Hbond substituents is 3. The molecule has 0 radical (unpaired) electrons. The predicted molar refractivity (Wildman–Crippen MR) is 443 cm³/mol. The molecule has 134 heavy (non-hydrogen) atoms. The van der Waals surface area contributed by atoms with Gasteiger partial charge in [-0.25, -0.2) is 57.5 Å². The highest BCUT2D eigenvalue weighted by Gasteiger charge is 2.41. The average molecular weight is 1930 g/mol. The summed E-state index contributed by atoms with van der Waals surface area (Å²) < 4.78 is 207. The molecule has 0 saturated carbocycles. The molecule has 0 aliphatic carbocycles. The zero-order chi connectivity index (χ0) is 99.8. The van der Waals surface area contributed by atoms with E-state index in [2.05, 4.69) is 66.8 Å². The van der Waals surface area contributed by atoms with Crippen LogP contribution in [-0.2, 0) is 62.0 Å². The molecule has 728 valence electrons. The van der Waals surface area contributed by atoms with Crippen molar-refractivity contribution in [3.05, 3.63) is 171 Å². The number of benzene rings is 5. The van der Waals surface area contributed by atoms with Crippen molar-refractivity contribution >= 4 is 106 Å². The number of halogens is 13. The summed E-state index contributed by atoms with van der Waals surface area (Å²) >= 11 is 5.75. The first-order valence-electron chi connectivity index (χ1n) is 40.8. The van der Waals surface area contributed by atoms with Crippen molar-refractivity contribution < 1.29 is 154 Å². The summed E-state index contributed by atoms with van der Waals surface area (Å²) in [4.78, 5) is 192. The first-order valence-corrected chi connectivity index (χ1v) is 41.1. The number of nitrogens with zero attached hydrogens (tertiary/aromatic N) is 9. The monoisotopic (exact) mass is 1930 g/mol. The van der Waals surface area contributed by atoms with Gasteiger partial charge in [-0.05, 0) is 110 Å². The molecule has 40 nitrogen and oxygen atoms in total. The second-order valence-corrected chi connectivity index (χ2v) is 29.5. The summed E-state index contributed by atoms with van der Waals surface area (Å²) in [6.45, 7) is -2.11. The van der Waals surface area contributed by atoms with Crippen LogP contribution in [0.4, 0.5) is 69.7 Å². The van der Waals surface area contributed by atoms with Gasteiger partial charge in [-0.2, -0.15) is 0 Å². The highest BCUT2D eigenvalue weighted by atomic mass is 35.5. The van der Waals surface area contributed by atoms with Crippen LogP contribution in [-0.4, -0.2) is 204 Å². The Balaban J connectivity index is 1.71. The Hall–Kier alpha value is -13.9. The van der Waals surface area contributed by atoms with Crippen molar-refractivity contribution in [3.63, 3.8) is 0 Å². The van der Waals surface area contributed by atoms with Crippen LogP contribution in [0.5, 0.6) is 17.2 Å². The summed E-state index contributed by atoms with van der Waals surface area (Å²) in [5.74, 6) is -59.3. The van der Waals surface area contributed by atoms with E-state index in [1.807, 2.05) is 16.0 Å². The number of amides is 9. The van der Waals surface area contributed by atoms with Gasteiger partial charge in [0.05, 0.1) is 43.1 Å². The van der Waals surface area contributed by atoms with Crippen LogP contribution in [0.25, 0.3) is 31.3 Å². The quantitative estimate of drug-likeness (QED) is 0.00147. The normalized spacial score (nSPS) is 12.7. The van der Waals surface area contributed by atoms with Crippen molar-refractivity contribution in [2.75, 3.05) is 112 Å². The fourth-order valence-electron chi connectivity index (χ4n) is 13.0. The van der Waals surface area contributed by atoms with Crippen LogP contribution in [0.1, 0.15) is 143 Å². The lowest BCUT2D eigenvalue weighted by molar-refractivity contribution is -0.159. The smallest absolute Gasteiger partial charge is 0.309 e. The third-order valence-corrected chi connectivity index (χ3v) is 20.5. The number of phenols is 3. The lowest BCUT2D eigenvalue weighted by Crippen LogP contribution is -2.45. The lowest BCUT2D eigenvalue weighted by Gasteiger charge is -2.30. The molecule has 5 aromatic carbocycles. The molecular formula is C81H92ClF12N19O21. The number of hydrogen-bond donors (Lipinski definition) is 13. The number of nitrogens with one attached hydrogen (secondary N) is 10. The molecule has 8 unspecified atom stereocenters. The first kappa shape index (κ1) is 111. The molecule has 0 heterocycles. The van der Waals surface area contributed by atoms with E-state index in [9.17, 15) is 76.0 Å². The Morgan fingerprint density at radius 2 is 0.687 bits per heavy atom. The van der Waals surface area contributed by atoms with Gasteiger partial charge in [0.15, 0.2) is 87.1 Å². The Bertz CT molecular complexity index is 5190. The number of rotatable bonds is 56. The molecule has 0 aliphatic heterocycles. The second-order valence-electron chi connectivity index (χ2n) is 29.3. The number of aromatic hydroxyl groups is 3. The van der Waals surface area contributed by atoms with Crippen molar-refractivity contribution in [1.29, 1.82) is 0 Å². The molecule has 9 amide bonds. The molecule has 0 aliphatic rings. The summed E-state index contributed by atoms with van der Waals surface area (Å²) in [5.41, 5.74) is 14.3. The van der Waals surface area contributed by atoms with Crippen molar-refractivity contribution in [3.8, 4) is 17.2 Å². The average Bonchev–Trinajstić information content (AvgIpc) is 0.799. The maximum atomic E-state index is 15.5. The van der Waals surface area contributed by atoms with Gasteiger partial charge in [0, 0.05) is 128 Å². The molecule has 8 atom stereocenters. The molecule has 0 bridgehead atoms. The molecule has 0 spiro atoms. The van der Waals surface area contributed by atoms with Crippen LogP contribution in [0.15, 0.2) is 51.7 Å². The molecule has 13 N–H and O–H groups in total. The Kier molecular flexibility index (Phi) is 45.7. The molecule has 5 rings (SSSR count). The van der Waals surface area contributed by atoms with Crippen molar-refractivity contribution in [2.24, 2.45) is 62.7 Å². The van der Waals surface area contributed by atoms with E-state index in [4.69, 9.17) is 52.1 Å². The number of ether oxygens (including phenoxy) is 5. The van der Waals surface area contributed by atoms with Crippen LogP contribution < -0.4 is 52.7 Å². The molecule has 53 heteroatoms. The zero-order valence-corrected chi connectivity index (χ0v) is 72.6. The number of carbonyl (C=O) groups is 13. The number of esters is 3. The summed E-state index contributed by atoms with van der Waals surface area (Å²) in [6, 6.07) is 6.51.